The molecule has 2 aromatic carbocycles. The number of carbonyl (C=O) groups is 1. The van der Waals surface area contributed by atoms with Gasteiger partial charge in [-0.15, -0.1) is 0 Å². The largest absolute Gasteiger partial charge is 0.390 e. The molecular formula is C32H45N3O2. The Bertz CT molecular complexity index is 968. The van der Waals surface area contributed by atoms with Gasteiger partial charge in [0.2, 0.25) is 0 Å². The van der Waals surface area contributed by atoms with E-state index in [-0.39, 0.29) is 6.03 Å². The fraction of sp³-hybridized carbons (Fsp3) is 0.594. The van der Waals surface area contributed by atoms with E-state index in [1.807, 2.05) is 0 Å². The maximum atomic E-state index is 13.2. The maximum Gasteiger partial charge on any atom is 0.317 e. The van der Waals surface area contributed by atoms with E-state index in [9.17, 15) is 9.90 Å². The van der Waals surface area contributed by atoms with E-state index in [0.717, 1.165) is 77.7 Å². The average molecular weight is 504 g/mol. The number of aryl methyl sites for hydroxylation is 1. The smallest absolute Gasteiger partial charge is 0.317 e. The molecule has 2 saturated heterocycles. The van der Waals surface area contributed by atoms with Gasteiger partial charge in [-0.1, -0.05) is 79.9 Å². The molecule has 5 rings (SSSR count). The topological polar surface area (TPSA) is 55.8 Å². The predicted octanol–water partition coefficient (Wildman–Crippen LogP) is 5.59. The molecule has 3 aliphatic rings. The van der Waals surface area contributed by atoms with E-state index in [0.29, 0.717) is 17.9 Å². The van der Waals surface area contributed by atoms with Crippen molar-refractivity contribution in [2.24, 2.45) is 5.92 Å². The van der Waals surface area contributed by atoms with Crippen molar-refractivity contribution in [2.45, 2.75) is 81.8 Å². The summed E-state index contributed by atoms with van der Waals surface area (Å²) in [4.78, 5) is 17.8. The number of hydrogen-bond donors (Lipinski definition) is 2. The molecule has 0 spiro atoms. The summed E-state index contributed by atoms with van der Waals surface area (Å²) < 4.78 is 0. The zero-order valence-corrected chi connectivity index (χ0v) is 22.4. The minimum atomic E-state index is -0.536. The van der Waals surface area contributed by atoms with Gasteiger partial charge in [0, 0.05) is 44.7 Å². The molecule has 1 aliphatic carbocycles. The van der Waals surface area contributed by atoms with Crippen LogP contribution in [0.15, 0.2) is 60.7 Å². The van der Waals surface area contributed by atoms with Gasteiger partial charge in [0.1, 0.15) is 0 Å². The third kappa shape index (κ3) is 7.14. The Morgan fingerprint density at radius 2 is 1.59 bits per heavy atom. The second kappa shape index (κ2) is 12.4. The van der Waals surface area contributed by atoms with Crippen LogP contribution in [0.2, 0.25) is 0 Å². The number of likely N-dealkylation sites (tertiary alicyclic amines) is 2. The van der Waals surface area contributed by atoms with Crippen molar-refractivity contribution >= 4 is 6.03 Å². The number of amides is 2. The van der Waals surface area contributed by atoms with Crippen LogP contribution in [0.25, 0.3) is 0 Å². The number of aliphatic hydroxyl groups is 1. The number of nitrogens with one attached hydrogen (secondary N) is 1. The standard InChI is InChI=1S/C32H45N3O2/c36-31(33-29-16-8-3-9-17-29)35-24-28(30(25-35)27-14-6-2-7-15-27)23-34-21-19-32(37,20-22-34)18-10-13-26-11-4-1-5-12-26/h1-2,4-7,11-12,14-15,28-30,37H,3,8-10,13,16-25H2,(H,33,36)/t28-,30+/m0/s1. The molecule has 200 valence electrons. The first-order valence-corrected chi connectivity index (χ1v) is 14.7. The molecule has 2 N–H and O–H groups in total. The summed E-state index contributed by atoms with van der Waals surface area (Å²) in [5.41, 5.74) is 2.16. The second-order valence-electron chi connectivity index (χ2n) is 11.8. The van der Waals surface area contributed by atoms with Gasteiger partial charge in [-0.05, 0) is 62.0 Å². The molecule has 0 aromatic heterocycles. The van der Waals surface area contributed by atoms with Crippen LogP contribution in [0, 0.1) is 5.92 Å². The van der Waals surface area contributed by atoms with Crippen LogP contribution in [0.5, 0.6) is 0 Å². The number of carbonyl (C=O) groups excluding carboxylic acids is 1. The van der Waals surface area contributed by atoms with Gasteiger partial charge in [0.25, 0.3) is 0 Å². The summed E-state index contributed by atoms with van der Waals surface area (Å²) in [7, 11) is 0. The van der Waals surface area contributed by atoms with Crippen LogP contribution in [0.1, 0.15) is 74.8 Å². The quantitative estimate of drug-likeness (QED) is 0.493. The molecule has 2 atom stereocenters. The van der Waals surface area contributed by atoms with E-state index in [4.69, 9.17) is 0 Å². The minimum absolute atomic E-state index is 0.127. The lowest BCUT2D eigenvalue weighted by atomic mass is 9.84. The Morgan fingerprint density at radius 1 is 0.919 bits per heavy atom. The normalized spacial score (nSPS) is 24.7. The molecule has 2 amide bonds. The molecule has 0 bridgehead atoms. The van der Waals surface area contributed by atoms with Crippen LogP contribution in [-0.4, -0.2) is 65.3 Å². The maximum absolute atomic E-state index is 13.2. The molecule has 5 nitrogen and oxygen atoms in total. The molecule has 5 heteroatoms. The van der Waals surface area contributed by atoms with Gasteiger partial charge in [-0.25, -0.2) is 4.79 Å². The van der Waals surface area contributed by atoms with Crippen LogP contribution >= 0.6 is 0 Å². The molecule has 1 saturated carbocycles. The molecule has 2 heterocycles. The highest BCUT2D eigenvalue weighted by Crippen LogP contribution is 2.35. The molecule has 2 aromatic rings. The van der Waals surface area contributed by atoms with Crippen molar-refractivity contribution in [3.63, 3.8) is 0 Å². The molecule has 0 unspecified atom stereocenters. The van der Waals surface area contributed by atoms with E-state index in [2.05, 4.69) is 75.8 Å². The van der Waals surface area contributed by atoms with Gasteiger partial charge < -0.3 is 20.2 Å². The number of nitrogens with zero attached hydrogens (tertiary/aromatic N) is 2. The zero-order valence-electron chi connectivity index (χ0n) is 22.4. The van der Waals surface area contributed by atoms with Crippen LogP contribution < -0.4 is 5.32 Å². The Labute approximate surface area is 223 Å². The summed E-state index contributed by atoms with van der Waals surface area (Å²) in [6.45, 7) is 4.48. The highest BCUT2D eigenvalue weighted by Gasteiger charge is 2.39. The highest BCUT2D eigenvalue weighted by molar-refractivity contribution is 5.75. The number of urea groups is 1. The lowest BCUT2D eigenvalue weighted by Gasteiger charge is -2.39. The summed E-state index contributed by atoms with van der Waals surface area (Å²) in [6, 6.07) is 21.8. The predicted molar refractivity (Wildman–Crippen MR) is 150 cm³/mol. The Kier molecular flexibility index (Phi) is 8.83. The first-order valence-electron chi connectivity index (χ1n) is 14.7. The second-order valence-corrected chi connectivity index (χ2v) is 11.8. The van der Waals surface area contributed by atoms with Crippen molar-refractivity contribution in [2.75, 3.05) is 32.7 Å². The van der Waals surface area contributed by atoms with Crippen molar-refractivity contribution in [1.29, 1.82) is 0 Å². The van der Waals surface area contributed by atoms with E-state index >= 15 is 0 Å². The summed E-state index contributed by atoms with van der Waals surface area (Å²) in [5, 5.41) is 14.6. The Hall–Kier alpha value is -2.37. The number of hydrogen-bond acceptors (Lipinski definition) is 3. The zero-order chi connectivity index (χ0) is 25.5. The van der Waals surface area contributed by atoms with Crippen molar-refractivity contribution in [1.82, 2.24) is 15.1 Å². The fourth-order valence-electron chi connectivity index (χ4n) is 6.81. The van der Waals surface area contributed by atoms with Gasteiger partial charge in [0.05, 0.1) is 5.60 Å². The van der Waals surface area contributed by atoms with Gasteiger partial charge in [-0.2, -0.15) is 0 Å². The first-order chi connectivity index (χ1) is 18.1. The van der Waals surface area contributed by atoms with Crippen LogP contribution in [0.4, 0.5) is 4.79 Å². The van der Waals surface area contributed by atoms with Crippen molar-refractivity contribution < 1.29 is 9.90 Å². The van der Waals surface area contributed by atoms with Gasteiger partial charge in [0.15, 0.2) is 0 Å². The van der Waals surface area contributed by atoms with Gasteiger partial charge in [-0.3, -0.25) is 0 Å². The van der Waals surface area contributed by atoms with E-state index < -0.39 is 5.60 Å². The van der Waals surface area contributed by atoms with Crippen LogP contribution in [-0.2, 0) is 6.42 Å². The average Bonchev–Trinajstić information content (AvgIpc) is 3.36. The minimum Gasteiger partial charge on any atom is -0.390 e. The monoisotopic (exact) mass is 503 g/mol. The van der Waals surface area contributed by atoms with E-state index in [1.165, 1.54) is 30.4 Å². The van der Waals surface area contributed by atoms with E-state index in [1.54, 1.807) is 0 Å². The SMILES string of the molecule is O=C(NC1CCCCC1)N1C[C@H](CN2CCC(O)(CCCc3ccccc3)CC2)[C@@H](c2ccccc2)C1. The third-order valence-corrected chi connectivity index (χ3v) is 9.12. The Morgan fingerprint density at radius 3 is 2.30 bits per heavy atom. The molecule has 2 aliphatic heterocycles. The Balaban J connectivity index is 1.14. The molecule has 37 heavy (non-hydrogen) atoms. The van der Waals surface area contributed by atoms with Crippen molar-refractivity contribution in [3.8, 4) is 0 Å². The number of rotatable bonds is 8. The van der Waals surface area contributed by atoms with Gasteiger partial charge >= 0.3 is 6.03 Å². The molecular weight excluding hydrogens is 458 g/mol. The number of piperidine rings is 1. The third-order valence-electron chi connectivity index (χ3n) is 9.12. The lowest BCUT2D eigenvalue weighted by molar-refractivity contribution is -0.0315. The van der Waals surface area contributed by atoms with Crippen LogP contribution in [0.3, 0.4) is 0 Å². The van der Waals surface area contributed by atoms with Crippen molar-refractivity contribution in [3.05, 3.63) is 71.8 Å². The summed E-state index contributed by atoms with van der Waals surface area (Å²) >= 11 is 0. The molecule has 0 radical (unpaired) electrons. The highest BCUT2D eigenvalue weighted by atomic mass is 16.3. The first kappa shape index (κ1) is 26.2. The lowest BCUT2D eigenvalue weighted by Crippen LogP contribution is -2.47. The number of benzene rings is 2. The summed E-state index contributed by atoms with van der Waals surface area (Å²) in [6.07, 6.45) is 10.6. The molecule has 3 fully saturated rings. The summed E-state index contributed by atoms with van der Waals surface area (Å²) in [5.74, 6) is 0.786. The fourth-order valence-corrected chi connectivity index (χ4v) is 6.81.